The van der Waals surface area contributed by atoms with E-state index in [9.17, 15) is 18.0 Å². The van der Waals surface area contributed by atoms with Gasteiger partial charge in [0.15, 0.2) is 0 Å². The van der Waals surface area contributed by atoms with Crippen molar-refractivity contribution in [1.29, 1.82) is 0 Å². The van der Waals surface area contributed by atoms with E-state index in [1.165, 1.54) is 25.3 Å². The van der Waals surface area contributed by atoms with E-state index >= 15 is 0 Å². The van der Waals surface area contributed by atoms with Crippen LogP contribution in [0.5, 0.6) is 0 Å². The summed E-state index contributed by atoms with van der Waals surface area (Å²) < 4.78 is 43.1. The molecule has 2 aromatic carbocycles. The fourth-order valence-corrected chi connectivity index (χ4v) is 1.99. The summed E-state index contributed by atoms with van der Waals surface area (Å²) in [5.74, 6) is -0.628. The Balaban J connectivity index is 2.56. The lowest BCUT2D eigenvalue weighted by Gasteiger charge is -2.12. The Morgan fingerprint density at radius 1 is 1.00 bits per heavy atom. The number of ether oxygens (including phenoxy) is 1. The molecule has 0 radical (unpaired) electrons. The van der Waals surface area contributed by atoms with Crippen LogP contribution >= 0.6 is 0 Å². The number of hydrogen-bond donors (Lipinski definition) is 0. The highest BCUT2D eigenvalue weighted by atomic mass is 19.4. The molecule has 0 fully saturated rings. The average Bonchev–Trinajstić information content (AvgIpc) is 2.52. The second-order valence-corrected chi connectivity index (χ2v) is 4.53. The highest BCUT2D eigenvalue weighted by Gasteiger charge is 2.30. The molecule has 0 spiro atoms. The minimum atomic E-state index is -4.44. The van der Waals surface area contributed by atoms with Crippen molar-refractivity contribution < 1.29 is 22.7 Å². The maximum Gasteiger partial charge on any atom is 0.416 e. The van der Waals surface area contributed by atoms with Gasteiger partial charge in [-0.1, -0.05) is 42.5 Å². The zero-order valence-corrected chi connectivity index (χ0v) is 11.7. The fourth-order valence-electron chi connectivity index (χ4n) is 1.99. The van der Waals surface area contributed by atoms with Gasteiger partial charge in [-0.3, -0.25) is 0 Å². The maximum atomic E-state index is 12.9. The minimum absolute atomic E-state index is 0.298. The van der Waals surface area contributed by atoms with Crippen LogP contribution < -0.4 is 0 Å². The van der Waals surface area contributed by atoms with Crippen molar-refractivity contribution in [2.24, 2.45) is 0 Å². The first kappa shape index (κ1) is 15.8. The Bertz CT molecular complexity index is 689. The molecule has 22 heavy (non-hydrogen) atoms. The maximum absolute atomic E-state index is 12.9. The Kier molecular flexibility index (Phi) is 4.65. The minimum Gasteiger partial charge on any atom is -0.466 e. The van der Waals surface area contributed by atoms with Crippen LogP contribution in [0.2, 0.25) is 0 Å². The van der Waals surface area contributed by atoms with Gasteiger partial charge >= 0.3 is 12.1 Å². The third-order valence-electron chi connectivity index (χ3n) is 3.05. The summed E-state index contributed by atoms with van der Waals surface area (Å²) in [7, 11) is 1.22. The molecule has 2 rings (SSSR count). The Hall–Kier alpha value is -2.56. The SMILES string of the molecule is COC(=O)/C=C(/c1ccccc1)c1cccc(C(F)(F)F)c1. The van der Waals surface area contributed by atoms with E-state index in [-0.39, 0.29) is 0 Å². The van der Waals surface area contributed by atoms with Crippen LogP contribution in [0.15, 0.2) is 60.7 Å². The molecule has 0 aliphatic carbocycles. The van der Waals surface area contributed by atoms with Crippen LogP contribution in [0.1, 0.15) is 16.7 Å². The zero-order valence-electron chi connectivity index (χ0n) is 11.7. The second kappa shape index (κ2) is 6.47. The molecule has 0 saturated carbocycles. The predicted octanol–water partition coefficient (Wildman–Crippen LogP) is 4.31. The van der Waals surface area contributed by atoms with Gasteiger partial charge in [-0.25, -0.2) is 4.79 Å². The molecule has 0 N–H and O–H groups in total. The lowest BCUT2D eigenvalue weighted by molar-refractivity contribution is -0.137. The molecular formula is C17H13F3O2. The molecule has 2 aromatic rings. The van der Waals surface area contributed by atoms with E-state index in [0.717, 1.165) is 12.1 Å². The van der Waals surface area contributed by atoms with Gasteiger partial charge in [0.1, 0.15) is 0 Å². The van der Waals surface area contributed by atoms with Crippen molar-refractivity contribution in [3.63, 3.8) is 0 Å². The largest absolute Gasteiger partial charge is 0.466 e. The number of alkyl halides is 3. The van der Waals surface area contributed by atoms with E-state index in [1.807, 2.05) is 0 Å². The van der Waals surface area contributed by atoms with Crippen molar-refractivity contribution in [3.05, 3.63) is 77.4 Å². The van der Waals surface area contributed by atoms with Crippen LogP contribution in [0, 0.1) is 0 Å². The van der Waals surface area contributed by atoms with E-state index < -0.39 is 17.7 Å². The van der Waals surface area contributed by atoms with E-state index in [4.69, 9.17) is 0 Å². The number of carbonyl (C=O) groups is 1. The molecule has 0 aliphatic rings. The van der Waals surface area contributed by atoms with Crippen LogP contribution in [0.25, 0.3) is 5.57 Å². The quantitative estimate of drug-likeness (QED) is 0.624. The molecule has 0 atom stereocenters. The van der Waals surface area contributed by atoms with Crippen molar-refractivity contribution >= 4 is 11.5 Å². The number of rotatable bonds is 3. The zero-order chi connectivity index (χ0) is 16.2. The molecule has 114 valence electrons. The van der Waals surface area contributed by atoms with Crippen molar-refractivity contribution in [1.82, 2.24) is 0 Å². The Labute approximate surface area is 125 Å². The average molecular weight is 306 g/mol. The second-order valence-electron chi connectivity index (χ2n) is 4.53. The monoisotopic (exact) mass is 306 g/mol. The van der Waals surface area contributed by atoms with E-state index in [0.29, 0.717) is 16.7 Å². The highest BCUT2D eigenvalue weighted by molar-refractivity contribution is 5.96. The van der Waals surface area contributed by atoms with Crippen LogP contribution in [0.3, 0.4) is 0 Å². The highest BCUT2D eigenvalue weighted by Crippen LogP contribution is 2.32. The number of esters is 1. The summed E-state index contributed by atoms with van der Waals surface area (Å²) >= 11 is 0. The molecule has 2 nitrogen and oxygen atoms in total. The van der Waals surface area contributed by atoms with Gasteiger partial charge in [0.25, 0.3) is 0 Å². The normalized spacial score (nSPS) is 12.1. The summed E-state index contributed by atoms with van der Waals surface area (Å²) in [6, 6.07) is 13.5. The van der Waals surface area contributed by atoms with Crippen LogP contribution in [-0.2, 0) is 15.7 Å². The summed E-state index contributed by atoms with van der Waals surface area (Å²) in [5.41, 5.74) is 0.536. The molecule has 0 aromatic heterocycles. The summed E-state index contributed by atoms with van der Waals surface area (Å²) in [4.78, 5) is 11.5. The molecule has 0 saturated heterocycles. The number of benzene rings is 2. The van der Waals surface area contributed by atoms with Gasteiger partial charge in [0.2, 0.25) is 0 Å². The molecule has 0 unspecified atom stereocenters. The fraction of sp³-hybridized carbons (Fsp3) is 0.118. The molecule has 0 aliphatic heterocycles. The number of methoxy groups -OCH3 is 1. The van der Waals surface area contributed by atoms with Crippen molar-refractivity contribution in [3.8, 4) is 0 Å². The van der Waals surface area contributed by atoms with Crippen LogP contribution in [-0.4, -0.2) is 13.1 Å². The Morgan fingerprint density at radius 3 is 2.23 bits per heavy atom. The predicted molar refractivity (Wildman–Crippen MR) is 77.0 cm³/mol. The lowest BCUT2D eigenvalue weighted by atomic mass is 9.96. The van der Waals surface area contributed by atoms with Crippen LogP contribution in [0.4, 0.5) is 13.2 Å². The third-order valence-corrected chi connectivity index (χ3v) is 3.05. The van der Waals surface area contributed by atoms with Gasteiger partial charge in [0.05, 0.1) is 12.7 Å². The van der Waals surface area contributed by atoms with Crippen molar-refractivity contribution in [2.75, 3.05) is 7.11 Å². The van der Waals surface area contributed by atoms with Gasteiger partial charge in [-0.05, 0) is 28.8 Å². The number of hydrogen-bond acceptors (Lipinski definition) is 2. The Morgan fingerprint density at radius 2 is 1.64 bits per heavy atom. The first-order valence-corrected chi connectivity index (χ1v) is 6.44. The number of halogens is 3. The molecule has 0 bridgehead atoms. The summed E-state index contributed by atoms with van der Waals surface area (Å²) in [5, 5.41) is 0. The topological polar surface area (TPSA) is 26.3 Å². The molecule has 5 heteroatoms. The first-order valence-electron chi connectivity index (χ1n) is 6.44. The standard InChI is InChI=1S/C17H13F3O2/c1-22-16(21)11-15(12-6-3-2-4-7-12)13-8-5-9-14(10-13)17(18,19)20/h2-11H,1H3/b15-11-. The summed E-state index contributed by atoms with van der Waals surface area (Å²) in [6.07, 6.45) is -3.26. The smallest absolute Gasteiger partial charge is 0.416 e. The molecule has 0 heterocycles. The van der Waals surface area contributed by atoms with E-state index in [2.05, 4.69) is 4.74 Å². The lowest BCUT2D eigenvalue weighted by Crippen LogP contribution is -2.05. The van der Waals surface area contributed by atoms with Gasteiger partial charge in [-0.2, -0.15) is 13.2 Å². The van der Waals surface area contributed by atoms with Gasteiger partial charge in [0, 0.05) is 6.08 Å². The first-order chi connectivity index (χ1) is 10.4. The van der Waals surface area contributed by atoms with Gasteiger partial charge in [-0.15, -0.1) is 0 Å². The van der Waals surface area contributed by atoms with E-state index in [1.54, 1.807) is 30.3 Å². The molecular weight excluding hydrogens is 293 g/mol. The molecule has 0 amide bonds. The van der Waals surface area contributed by atoms with Gasteiger partial charge < -0.3 is 4.74 Å². The number of carbonyl (C=O) groups excluding carboxylic acids is 1. The third kappa shape index (κ3) is 3.75. The van der Waals surface area contributed by atoms with Crippen molar-refractivity contribution in [2.45, 2.75) is 6.18 Å². The summed E-state index contributed by atoms with van der Waals surface area (Å²) in [6.45, 7) is 0.